The number of hydrogen-bond acceptors (Lipinski definition) is 5. The Kier molecular flexibility index (Phi) is 4.57. The quantitative estimate of drug-likeness (QED) is 0.900. The maximum absolute atomic E-state index is 12.1. The van der Waals surface area contributed by atoms with Crippen molar-refractivity contribution in [1.82, 2.24) is 19.9 Å². The molecule has 108 valence electrons. The van der Waals surface area contributed by atoms with E-state index in [0.29, 0.717) is 11.5 Å². The van der Waals surface area contributed by atoms with Crippen molar-refractivity contribution in [3.63, 3.8) is 0 Å². The van der Waals surface area contributed by atoms with E-state index in [1.165, 1.54) is 6.20 Å². The first kappa shape index (κ1) is 14.7. The number of nitrogens with one attached hydrogen (secondary N) is 1. The van der Waals surface area contributed by atoms with Gasteiger partial charge in [0, 0.05) is 12.1 Å². The Bertz CT molecular complexity index is 652. The van der Waals surface area contributed by atoms with E-state index in [0.717, 1.165) is 31.4 Å². The Hall–Kier alpha value is -1.66. The Morgan fingerprint density at radius 2 is 2.10 bits per heavy atom. The molecule has 1 saturated heterocycles. The van der Waals surface area contributed by atoms with Gasteiger partial charge in [-0.3, -0.25) is 9.36 Å². The zero-order chi connectivity index (χ0) is 13.2. The molecule has 0 unspecified atom stereocenters. The maximum Gasteiger partial charge on any atom is 0.270 e. The lowest BCUT2D eigenvalue weighted by Gasteiger charge is -2.25. The highest BCUT2D eigenvalue weighted by molar-refractivity contribution is 5.85. The summed E-state index contributed by atoms with van der Waals surface area (Å²) in [4.78, 5) is 20.7. The number of pyridine rings is 1. The molecule has 1 N–H and O–H groups in total. The standard InChI is InChI=1S/C13H16N4O2.ClH/c1-19-11-3-2-10-13(16-11)17(12(18)8-15-10)9-4-6-14-7-5-9;/h2-3,8-9,14H,4-7H2,1H3;1H. The molecule has 7 heteroatoms. The summed E-state index contributed by atoms with van der Waals surface area (Å²) in [6.45, 7) is 1.84. The van der Waals surface area contributed by atoms with Crippen molar-refractivity contribution in [3.05, 3.63) is 28.7 Å². The third-order valence-corrected chi connectivity index (χ3v) is 3.49. The van der Waals surface area contributed by atoms with E-state index in [1.54, 1.807) is 17.7 Å². The van der Waals surface area contributed by atoms with E-state index in [-0.39, 0.29) is 24.0 Å². The summed E-state index contributed by atoms with van der Waals surface area (Å²) in [6, 6.07) is 3.77. The van der Waals surface area contributed by atoms with Crippen molar-refractivity contribution in [1.29, 1.82) is 0 Å². The predicted octanol–water partition coefficient (Wildman–Crippen LogP) is 1.15. The summed E-state index contributed by atoms with van der Waals surface area (Å²) < 4.78 is 6.89. The first-order valence-corrected chi connectivity index (χ1v) is 6.42. The van der Waals surface area contributed by atoms with Gasteiger partial charge in [-0.25, -0.2) is 4.98 Å². The highest BCUT2D eigenvalue weighted by Crippen LogP contribution is 2.21. The van der Waals surface area contributed by atoms with E-state index in [9.17, 15) is 4.79 Å². The first-order chi connectivity index (χ1) is 9.29. The van der Waals surface area contributed by atoms with Crippen LogP contribution in [0, 0.1) is 0 Å². The molecular weight excluding hydrogens is 280 g/mol. The van der Waals surface area contributed by atoms with Gasteiger partial charge in [-0.2, -0.15) is 4.98 Å². The Morgan fingerprint density at radius 3 is 2.80 bits per heavy atom. The van der Waals surface area contributed by atoms with Gasteiger partial charge in [-0.1, -0.05) is 0 Å². The van der Waals surface area contributed by atoms with Gasteiger partial charge in [-0.05, 0) is 32.0 Å². The lowest BCUT2D eigenvalue weighted by Crippen LogP contribution is -2.34. The largest absolute Gasteiger partial charge is 0.481 e. The molecule has 0 radical (unpaired) electrons. The lowest BCUT2D eigenvalue weighted by atomic mass is 10.1. The van der Waals surface area contributed by atoms with Crippen LogP contribution in [-0.2, 0) is 0 Å². The molecule has 0 bridgehead atoms. The highest BCUT2D eigenvalue weighted by Gasteiger charge is 2.19. The number of piperidine rings is 1. The molecule has 1 fully saturated rings. The molecule has 0 atom stereocenters. The van der Waals surface area contributed by atoms with Crippen molar-refractivity contribution in [3.8, 4) is 5.88 Å². The van der Waals surface area contributed by atoms with Crippen molar-refractivity contribution in [2.75, 3.05) is 20.2 Å². The summed E-state index contributed by atoms with van der Waals surface area (Å²) in [5, 5.41) is 3.30. The van der Waals surface area contributed by atoms with Crippen LogP contribution in [0.15, 0.2) is 23.1 Å². The van der Waals surface area contributed by atoms with Gasteiger partial charge in [-0.15, -0.1) is 12.4 Å². The van der Waals surface area contributed by atoms with Crippen LogP contribution in [0.5, 0.6) is 5.88 Å². The molecule has 2 aromatic rings. The van der Waals surface area contributed by atoms with Crippen molar-refractivity contribution in [2.24, 2.45) is 0 Å². The second kappa shape index (κ2) is 6.19. The number of aromatic nitrogens is 3. The molecule has 1 aliphatic heterocycles. The molecule has 6 nitrogen and oxygen atoms in total. The van der Waals surface area contributed by atoms with E-state index < -0.39 is 0 Å². The second-order valence-corrected chi connectivity index (χ2v) is 4.64. The van der Waals surface area contributed by atoms with Crippen LogP contribution in [0.2, 0.25) is 0 Å². The first-order valence-electron chi connectivity index (χ1n) is 6.42. The molecule has 3 heterocycles. The number of nitrogens with zero attached hydrogens (tertiary/aromatic N) is 3. The van der Waals surface area contributed by atoms with Crippen LogP contribution >= 0.6 is 12.4 Å². The highest BCUT2D eigenvalue weighted by atomic mass is 35.5. The Morgan fingerprint density at radius 1 is 1.35 bits per heavy atom. The number of halogens is 1. The van der Waals surface area contributed by atoms with Crippen molar-refractivity contribution in [2.45, 2.75) is 18.9 Å². The van der Waals surface area contributed by atoms with Crippen LogP contribution in [0.1, 0.15) is 18.9 Å². The van der Waals surface area contributed by atoms with Crippen LogP contribution < -0.4 is 15.6 Å². The molecule has 0 aromatic carbocycles. The lowest BCUT2D eigenvalue weighted by molar-refractivity contribution is 0.364. The number of fused-ring (bicyclic) bond motifs is 1. The van der Waals surface area contributed by atoms with Crippen LogP contribution in [0.3, 0.4) is 0 Å². The fourth-order valence-corrected chi connectivity index (χ4v) is 2.52. The normalized spacial score (nSPS) is 15.8. The number of ether oxygens (including phenoxy) is 1. The monoisotopic (exact) mass is 296 g/mol. The maximum atomic E-state index is 12.1. The van der Waals surface area contributed by atoms with Crippen LogP contribution in [0.4, 0.5) is 0 Å². The molecule has 0 amide bonds. The molecule has 20 heavy (non-hydrogen) atoms. The summed E-state index contributed by atoms with van der Waals surface area (Å²) in [6.07, 6.45) is 3.23. The minimum Gasteiger partial charge on any atom is -0.481 e. The van der Waals surface area contributed by atoms with Crippen molar-refractivity contribution >= 4 is 23.6 Å². The average molecular weight is 297 g/mol. The van der Waals surface area contributed by atoms with Gasteiger partial charge in [0.05, 0.1) is 13.3 Å². The van der Waals surface area contributed by atoms with Crippen molar-refractivity contribution < 1.29 is 4.74 Å². The summed E-state index contributed by atoms with van der Waals surface area (Å²) in [5.41, 5.74) is 1.23. The third-order valence-electron chi connectivity index (χ3n) is 3.49. The van der Waals surface area contributed by atoms with Crippen LogP contribution in [-0.4, -0.2) is 34.7 Å². The summed E-state index contributed by atoms with van der Waals surface area (Å²) in [5.74, 6) is 0.502. The zero-order valence-corrected chi connectivity index (χ0v) is 12.0. The van der Waals surface area contributed by atoms with Gasteiger partial charge in [0.1, 0.15) is 5.52 Å². The van der Waals surface area contributed by atoms with Gasteiger partial charge in [0.15, 0.2) is 5.65 Å². The van der Waals surface area contributed by atoms with Gasteiger partial charge in [0.2, 0.25) is 5.88 Å². The van der Waals surface area contributed by atoms with Gasteiger partial charge in [0.25, 0.3) is 5.56 Å². The average Bonchev–Trinajstić information content (AvgIpc) is 2.47. The zero-order valence-electron chi connectivity index (χ0n) is 11.2. The SMILES string of the molecule is COc1ccc2ncc(=O)n(C3CCNCC3)c2n1.Cl. The van der Waals surface area contributed by atoms with Gasteiger partial charge >= 0.3 is 0 Å². The van der Waals surface area contributed by atoms with E-state index in [2.05, 4.69) is 15.3 Å². The summed E-state index contributed by atoms with van der Waals surface area (Å²) in [7, 11) is 1.57. The Labute approximate surface area is 122 Å². The summed E-state index contributed by atoms with van der Waals surface area (Å²) >= 11 is 0. The van der Waals surface area contributed by atoms with E-state index in [1.807, 2.05) is 6.07 Å². The van der Waals surface area contributed by atoms with E-state index in [4.69, 9.17) is 4.74 Å². The molecule has 0 saturated carbocycles. The molecule has 1 aliphatic rings. The number of hydrogen-bond donors (Lipinski definition) is 1. The minimum atomic E-state index is -0.0971. The number of rotatable bonds is 2. The molecular formula is C13H17ClN4O2. The second-order valence-electron chi connectivity index (χ2n) is 4.64. The fourth-order valence-electron chi connectivity index (χ4n) is 2.52. The smallest absolute Gasteiger partial charge is 0.270 e. The number of methoxy groups -OCH3 is 1. The molecule has 3 rings (SSSR count). The molecule has 0 aliphatic carbocycles. The minimum absolute atomic E-state index is 0. The van der Waals surface area contributed by atoms with Crippen LogP contribution in [0.25, 0.3) is 11.2 Å². The fraction of sp³-hybridized carbons (Fsp3) is 0.462. The predicted molar refractivity (Wildman–Crippen MR) is 78.7 cm³/mol. The van der Waals surface area contributed by atoms with Gasteiger partial charge < -0.3 is 10.1 Å². The third kappa shape index (κ3) is 2.62. The molecule has 0 spiro atoms. The topological polar surface area (TPSA) is 69.0 Å². The Balaban J connectivity index is 0.00000147. The van der Waals surface area contributed by atoms with E-state index >= 15 is 0 Å². The molecule has 2 aromatic heterocycles.